The highest BCUT2D eigenvalue weighted by molar-refractivity contribution is 5.95. The van der Waals surface area contributed by atoms with E-state index in [4.69, 9.17) is 0 Å². The minimum absolute atomic E-state index is 0.000599. The molecule has 24 heavy (non-hydrogen) atoms. The molecular weight excluding hydrogens is 306 g/mol. The zero-order valence-corrected chi connectivity index (χ0v) is 14.3. The standard InChI is InChI=1S/C16H21N7O/c1-5-22(11(2)13-7-6-8-17-9-13)15(24)14-10-23-16(18-19-20-23)21(4)12(14)3/h6-9,11H,5,10H2,1-4H3. The van der Waals surface area contributed by atoms with Crippen molar-refractivity contribution in [1.82, 2.24) is 30.1 Å². The third kappa shape index (κ3) is 2.64. The van der Waals surface area contributed by atoms with Crippen LogP contribution in [0.3, 0.4) is 0 Å². The van der Waals surface area contributed by atoms with Crippen molar-refractivity contribution >= 4 is 11.9 Å². The molecule has 0 spiro atoms. The van der Waals surface area contributed by atoms with Gasteiger partial charge in [0.25, 0.3) is 5.91 Å². The molecule has 0 bridgehead atoms. The molecule has 0 radical (unpaired) electrons. The summed E-state index contributed by atoms with van der Waals surface area (Å²) in [5, 5.41) is 11.6. The van der Waals surface area contributed by atoms with Gasteiger partial charge in [-0.15, -0.1) is 0 Å². The molecule has 126 valence electrons. The van der Waals surface area contributed by atoms with Crippen molar-refractivity contribution in [2.45, 2.75) is 33.4 Å². The Morgan fingerprint density at radius 2 is 2.25 bits per heavy atom. The smallest absolute Gasteiger partial charge is 0.253 e. The van der Waals surface area contributed by atoms with E-state index in [2.05, 4.69) is 20.5 Å². The van der Waals surface area contributed by atoms with Crippen molar-refractivity contribution < 1.29 is 4.79 Å². The van der Waals surface area contributed by atoms with E-state index < -0.39 is 0 Å². The van der Waals surface area contributed by atoms with E-state index in [1.165, 1.54) is 0 Å². The predicted octanol–water partition coefficient (Wildman–Crippen LogP) is 1.40. The third-order valence-corrected chi connectivity index (χ3v) is 4.55. The van der Waals surface area contributed by atoms with E-state index in [0.717, 1.165) is 11.3 Å². The van der Waals surface area contributed by atoms with Crippen molar-refractivity contribution in [2.75, 3.05) is 18.5 Å². The van der Waals surface area contributed by atoms with Crippen LogP contribution in [0.5, 0.6) is 0 Å². The van der Waals surface area contributed by atoms with E-state index >= 15 is 0 Å². The summed E-state index contributed by atoms with van der Waals surface area (Å²) < 4.78 is 1.64. The van der Waals surface area contributed by atoms with Gasteiger partial charge in [-0.2, -0.15) is 0 Å². The fourth-order valence-electron chi connectivity index (χ4n) is 2.95. The first-order valence-corrected chi connectivity index (χ1v) is 7.95. The molecule has 0 N–H and O–H groups in total. The lowest BCUT2D eigenvalue weighted by molar-refractivity contribution is -0.129. The minimum Gasteiger partial charge on any atom is -0.332 e. The topological polar surface area (TPSA) is 80.0 Å². The largest absolute Gasteiger partial charge is 0.332 e. The molecule has 0 aliphatic carbocycles. The van der Waals surface area contributed by atoms with Crippen molar-refractivity contribution in [3.05, 3.63) is 41.4 Å². The minimum atomic E-state index is -0.0583. The quantitative estimate of drug-likeness (QED) is 0.844. The van der Waals surface area contributed by atoms with Gasteiger partial charge in [-0.1, -0.05) is 11.2 Å². The molecule has 0 fully saturated rings. The Morgan fingerprint density at radius 1 is 1.46 bits per heavy atom. The number of carbonyl (C=O) groups is 1. The average Bonchev–Trinajstić information content (AvgIpc) is 3.08. The number of nitrogens with zero attached hydrogens (tertiary/aromatic N) is 7. The average molecular weight is 327 g/mol. The van der Waals surface area contributed by atoms with Gasteiger partial charge in [0.05, 0.1) is 18.2 Å². The SMILES string of the molecule is CCN(C(=O)C1=C(C)N(C)c2nnnn2C1)C(C)c1cccnc1. The number of fused-ring (bicyclic) bond motifs is 1. The van der Waals surface area contributed by atoms with E-state index in [1.54, 1.807) is 17.1 Å². The lowest BCUT2D eigenvalue weighted by atomic mass is 10.1. The summed E-state index contributed by atoms with van der Waals surface area (Å²) >= 11 is 0. The number of hydrogen-bond donors (Lipinski definition) is 0. The summed E-state index contributed by atoms with van der Waals surface area (Å²) in [5.41, 5.74) is 2.59. The zero-order chi connectivity index (χ0) is 17.3. The summed E-state index contributed by atoms with van der Waals surface area (Å²) in [6.45, 7) is 6.92. The van der Waals surface area contributed by atoms with Crippen LogP contribution in [0.2, 0.25) is 0 Å². The molecule has 1 aliphatic heterocycles. The molecule has 0 aromatic carbocycles. The van der Waals surface area contributed by atoms with E-state index in [0.29, 0.717) is 24.6 Å². The highest BCUT2D eigenvalue weighted by Crippen LogP contribution is 2.27. The Morgan fingerprint density at radius 3 is 2.92 bits per heavy atom. The maximum absolute atomic E-state index is 13.2. The first-order chi connectivity index (χ1) is 11.5. The fourth-order valence-corrected chi connectivity index (χ4v) is 2.95. The fraction of sp³-hybridized carbons (Fsp3) is 0.438. The number of hydrogen-bond acceptors (Lipinski definition) is 6. The summed E-state index contributed by atoms with van der Waals surface area (Å²) in [5.74, 6) is 0.645. The summed E-state index contributed by atoms with van der Waals surface area (Å²) in [6, 6.07) is 3.81. The van der Waals surface area contributed by atoms with E-state index in [-0.39, 0.29) is 11.9 Å². The van der Waals surface area contributed by atoms with Crippen LogP contribution in [-0.4, -0.2) is 49.6 Å². The van der Waals surface area contributed by atoms with E-state index in [1.807, 2.05) is 49.8 Å². The van der Waals surface area contributed by atoms with Crippen LogP contribution >= 0.6 is 0 Å². The second kappa shape index (κ2) is 6.38. The number of carbonyl (C=O) groups excluding carboxylic acids is 1. The molecule has 8 nitrogen and oxygen atoms in total. The summed E-state index contributed by atoms with van der Waals surface area (Å²) in [6.07, 6.45) is 3.53. The second-order valence-electron chi connectivity index (χ2n) is 5.81. The molecular formula is C16H21N7O. The van der Waals surface area contributed by atoms with Crippen LogP contribution in [0.15, 0.2) is 35.8 Å². The van der Waals surface area contributed by atoms with Crippen molar-refractivity contribution in [3.63, 3.8) is 0 Å². The molecule has 0 saturated carbocycles. The monoisotopic (exact) mass is 327 g/mol. The number of tetrazole rings is 1. The highest BCUT2D eigenvalue weighted by Gasteiger charge is 2.30. The van der Waals surface area contributed by atoms with Gasteiger partial charge in [-0.25, -0.2) is 4.68 Å². The van der Waals surface area contributed by atoms with Crippen molar-refractivity contribution in [3.8, 4) is 0 Å². The lowest BCUT2D eigenvalue weighted by Crippen LogP contribution is -2.39. The van der Waals surface area contributed by atoms with Gasteiger partial charge >= 0.3 is 0 Å². The normalized spacial score (nSPS) is 15.2. The van der Waals surface area contributed by atoms with Crippen LogP contribution in [0.1, 0.15) is 32.4 Å². The second-order valence-corrected chi connectivity index (χ2v) is 5.81. The first kappa shape index (κ1) is 16.1. The number of aromatic nitrogens is 5. The van der Waals surface area contributed by atoms with Gasteiger partial charge in [0.2, 0.25) is 5.95 Å². The third-order valence-electron chi connectivity index (χ3n) is 4.55. The van der Waals surface area contributed by atoms with Gasteiger partial charge in [0.15, 0.2) is 0 Å². The Balaban J connectivity index is 1.90. The molecule has 1 atom stereocenters. The molecule has 1 aliphatic rings. The summed E-state index contributed by atoms with van der Waals surface area (Å²) in [7, 11) is 1.87. The number of allylic oxidation sites excluding steroid dienone is 1. The van der Waals surface area contributed by atoms with Crippen LogP contribution < -0.4 is 4.90 Å². The Bertz CT molecular complexity index is 768. The van der Waals surface area contributed by atoms with Crippen molar-refractivity contribution in [1.29, 1.82) is 0 Å². The molecule has 2 aromatic rings. The molecule has 1 unspecified atom stereocenters. The van der Waals surface area contributed by atoms with Gasteiger partial charge in [0, 0.05) is 31.7 Å². The van der Waals surface area contributed by atoms with Crippen LogP contribution in [-0.2, 0) is 11.3 Å². The molecule has 2 aromatic heterocycles. The first-order valence-electron chi connectivity index (χ1n) is 7.95. The van der Waals surface area contributed by atoms with Crippen LogP contribution in [0.25, 0.3) is 0 Å². The van der Waals surface area contributed by atoms with Gasteiger partial charge in [-0.3, -0.25) is 9.78 Å². The maximum atomic E-state index is 13.2. The van der Waals surface area contributed by atoms with Crippen LogP contribution in [0.4, 0.5) is 5.95 Å². The molecule has 3 rings (SSSR count). The molecule has 3 heterocycles. The van der Waals surface area contributed by atoms with Gasteiger partial charge < -0.3 is 9.80 Å². The number of amides is 1. The molecule has 0 saturated heterocycles. The van der Waals surface area contributed by atoms with Gasteiger partial charge in [0.1, 0.15) is 0 Å². The number of rotatable bonds is 4. The Kier molecular flexibility index (Phi) is 4.28. The molecule has 8 heteroatoms. The lowest BCUT2D eigenvalue weighted by Gasteiger charge is -2.33. The predicted molar refractivity (Wildman–Crippen MR) is 89.0 cm³/mol. The number of anilines is 1. The summed E-state index contributed by atoms with van der Waals surface area (Å²) in [4.78, 5) is 21.0. The Hall–Kier alpha value is -2.77. The highest BCUT2D eigenvalue weighted by atomic mass is 16.2. The van der Waals surface area contributed by atoms with Crippen LogP contribution in [0, 0.1) is 0 Å². The number of pyridine rings is 1. The van der Waals surface area contributed by atoms with E-state index in [9.17, 15) is 4.79 Å². The Labute approximate surface area is 140 Å². The molecule has 1 amide bonds. The van der Waals surface area contributed by atoms with Crippen molar-refractivity contribution in [2.24, 2.45) is 0 Å². The number of likely N-dealkylation sites (N-methyl/N-ethyl adjacent to an activating group) is 1. The maximum Gasteiger partial charge on any atom is 0.253 e. The zero-order valence-electron chi connectivity index (χ0n) is 14.3. The van der Waals surface area contributed by atoms with Gasteiger partial charge in [-0.05, 0) is 42.8 Å².